The Balaban J connectivity index is 2.28. The molecule has 3 aliphatic carbocycles. The van der Waals surface area contributed by atoms with Gasteiger partial charge in [-0.2, -0.15) is 0 Å². The Bertz CT molecular complexity index is 176. The molecule has 0 heteroatoms. The average Bonchev–Trinajstić information content (AvgIpc) is 1.87. The fourth-order valence-electron chi connectivity index (χ4n) is 2.66. The predicted molar refractivity (Wildman–Crippen MR) is 43.7 cm³/mol. The highest BCUT2D eigenvalue weighted by Gasteiger charge is 2.50. The second kappa shape index (κ2) is 1.66. The third-order valence-electron chi connectivity index (χ3n) is 3.70. The highest BCUT2D eigenvalue weighted by Crippen LogP contribution is 2.58. The lowest BCUT2D eigenvalue weighted by Crippen LogP contribution is -2.49. The Morgan fingerprint density at radius 1 is 1.30 bits per heavy atom. The van der Waals surface area contributed by atoms with E-state index in [1.807, 2.05) is 0 Å². The molecule has 0 N–H and O–H groups in total. The van der Waals surface area contributed by atoms with Gasteiger partial charge in [0.15, 0.2) is 0 Å². The van der Waals surface area contributed by atoms with Crippen molar-refractivity contribution in [1.82, 2.24) is 0 Å². The zero-order valence-corrected chi connectivity index (χ0v) is 7.09. The monoisotopic (exact) mass is 136 g/mol. The van der Waals surface area contributed by atoms with Crippen LogP contribution in [-0.4, -0.2) is 0 Å². The molecule has 3 rings (SSSR count). The zero-order chi connectivity index (χ0) is 7.35. The second-order valence-electron chi connectivity index (χ2n) is 4.51. The molecule has 3 aliphatic rings. The van der Waals surface area contributed by atoms with Gasteiger partial charge in [0.1, 0.15) is 0 Å². The average molecular weight is 136 g/mol. The van der Waals surface area contributed by atoms with Crippen LogP contribution >= 0.6 is 0 Å². The summed E-state index contributed by atoms with van der Waals surface area (Å²) in [6.45, 7) is 7.16. The van der Waals surface area contributed by atoms with Gasteiger partial charge >= 0.3 is 0 Å². The van der Waals surface area contributed by atoms with Crippen molar-refractivity contribution in [2.24, 2.45) is 23.2 Å². The molecule has 0 saturated heterocycles. The topological polar surface area (TPSA) is 0 Å². The Morgan fingerprint density at radius 2 is 2.00 bits per heavy atom. The highest BCUT2D eigenvalue weighted by atomic mass is 14.5. The molecule has 56 valence electrons. The summed E-state index contributed by atoms with van der Waals surface area (Å²) < 4.78 is 0. The maximum atomic E-state index is 2.42. The number of allylic oxidation sites excluding steroid dienone is 2. The first-order valence-electron chi connectivity index (χ1n) is 4.30. The molecular formula is C10H16. The molecule has 0 nitrogen and oxygen atoms in total. The van der Waals surface area contributed by atoms with Gasteiger partial charge in [-0.25, -0.2) is 0 Å². The first kappa shape index (κ1) is 6.45. The van der Waals surface area contributed by atoms with Crippen LogP contribution < -0.4 is 0 Å². The van der Waals surface area contributed by atoms with E-state index in [1.165, 1.54) is 6.42 Å². The van der Waals surface area contributed by atoms with E-state index >= 15 is 0 Å². The van der Waals surface area contributed by atoms with Crippen molar-refractivity contribution in [2.45, 2.75) is 27.2 Å². The minimum absolute atomic E-state index is 0.619. The largest absolute Gasteiger partial charge is 0.0851 e. The van der Waals surface area contributed by atoms with Crippen molar-refractivity contribution in [3.8, 4) is 0 Å². The molecule has 0 aromatic heterocycles. The molecule has 0 aromatic rings. The van der Waals surface area contributed by atoms with Crippen molar-refractivity contribution in [3.63, 3.8) is 0 Å². The second-order valence-corrected chi connectivity index (χ2v) is 4.51. The molecule has 10 heavy (non-hydrogen) atoms. The molecule has 0 radical (unpaired) electrons. The van der Waals surface area contributed by atoms with Crippen LogP contribution in [0.1, 0.15) is 27.2 Å². The summed E-state index contributed by atoms with van der Waals surface area (Å²) in [7, 11) is 0. The Hall–Kier alpha value is -0.260. The molecule has 1 saturated carbocycles. The van der Waals surface area contributed by atoms with E-state index in [4.69, 9.17) is 0 Å². The van der Waals surface area contributed by atoms with Gasteiger partial charge in [-0.05, 0) is 29.6 Å². The Morgan fingerprint density at radius 3 is 2.30 bits per heavy atom. The highest BCUT2D eigenvalue weighted by molar-refractivity contribution is 5.15. The number of rotatable bonds is 0. The number of hydrogen-bond donors (Lipinski definition) is 0. The van der Waals surface area contributed by atoms with E-state index in [0.717, 1.165) is 17.8 Å². The molecule has 0 aromatic carbocycles. The number of fused-ring (bicyclic) bond motifs is 1. The summed E-state index contributed by atoms with van der Waals surface area (Å²) in [6.07, 6.45) is 6.26. The maximum Gasteiger partial charge on any atom is -0.0176 e. The smallest absolute Gasteiger partial charge is 0.0176 e. The fraction of sp³-hybridized carbons (Fsp3) is 0.800. The minimum atomic E-state index is 0.619. The van der Waals surface area contributed by atoms with Crippen LogP contribution in [0.2, 0.25) is 0 Å². The summed E-state index contributed by atoms with van der Waals surface area (Å²) in [5.41, 5.74) is 0.619. The molecule has 0 heterocycles. The standard InChI is InChI=1S/C10H16/c1-7-4-5-8-6-9(7)10(8,2)3/h4-5,7-9H,6H2,1-3H3/t7-,8-,9-/m1/s1. The van der Waals surface area contributed by atoms with Crippen molar-refractivity contribution < 1.29 is 0 Å². The summed E-state index contributed by atoms with van der Waals surface area (Å²) in [4.78, 5) is 0. The van der Waals surface area contributed by atoms with Gasteiger partial charge in [0.2, 0.25) is 0 Å². The molecule has 0 amide bonds. The van der Waals surface area contributed by atoms with Crippen LogP contribution in [0.5, 0.6) is 0 Å². The predicted octanol–water partition coefficient (Wildman–Crippen LogP) is 2.85. The molecule has 1 fully saturated rings. The Labute approximate surface area is 63.3 Å². The summed E-state index contributed by atoms with van der Waals surface area (Å²) in [5.74, 6) is 2.70. The summed E-state index contributed by atoms with van der Waals surface area (Å²) in [6, 6.07) is 0. The molecule has 0 unspecified atom stereocenters. The number of hydrogen-bond acceptors (Lipinski definition) is 0. The van der Waals surface area contributed by atoms with Gasteiger partial charge in [-0.15, -0.1) is 0 Å². The molecule has 0 spiro atoms. The lowest BCUT2D eigenvalue weighted by Gasteiger charge is -2.56. The lowest BCUT2D eigenvalue weighted by atomic mass is 9.48. The fourth-order valence-corrected chi connectivity index (χ4v) is 2.66. The molecule has 2 bridgehead atoms. The van der Waals surface area contributed by atoms with Gasteiger partial charge in [0.05, 0.1) is 0 Å². The van der Waals surface area contributed by atoms with Crippen LogP contribution in [0.15, 0.2) is 12.2 Å². The first-order chi connectivity index (χ1) is 4.62. The normalized spacial score (nSPS) is 48.5. The molecular weight excluding hydrogens is 120 g/mol. The van der Waals surface area contributed by atoms with E-state index in [1.54, 1.807) is 0 Å². The molecule has 0 aliphatic heterocycles. The van der Waals surface area contributed by atoms with Gasteiger partial charge in [0.25, 0.3) is 0 Å². The van der Waals surface area contributed by atoms with Crippen molar-refractivity contribution in [3.05, 3.63) is 12.2 Å². The van der Waals surface area contributed by atoms with Crippen LogP contribution in [0, 0.1) is 23.2 Å². The summed E-state index contributed by atoms with van der Waals surface area (Å²) >= 11 is 0. The lowest BCUT2D eigenvalue weighted by molar-refractivity contribution is -0.0258. The minimum Gasteiger partial charge on any atom is -0.0851 e. The quantitative estimate of drug-likeness (QED) is 0.449. The summed E-state index contributed by atoms with van der Waals surface area (Å²) in [5, 5.41) is 0. The van der Waals surface area contributed by atoms with Crippen LogP contribution in [0.3, 0.4) is 0 Å². The van der Waals surface area contributed by atoms with E-state index in [0.29, 0.717) is 5.41 Å². The van der Waals surface area contributed by atoms with Crippen molar-refractivity contribution >= 4 is 0 Å². The van der Waals surface area contributed by atoms with Crippen LogP contribution in [0.25, 0.3) is 0 Å². The van der Waals surface area contributed by atoms with Crippen LogP contribution in [0.4, 0.5) is 0 Å². The van der Waals surface area contributed by atoms with E-state index in [2.05, 4.69) is 32.9 Å². The van der Waals surface area contributed by atoms with Crippen LogP contribution in [-0.2, 0) is 0 Å². The third-order valence-corrected chi connectivity index (χ3v) is 3.70. The SMILES string of the molecule is C[C@@H]1C=C[C@@H]2C[C@H]1C2(C)C. The third kappa shape index (κ3) is 0.574. The van der Waals surface area contributed by atoms with Crippen molar-refractivity contribution in [1.29, 1.82) is 0 Å². The van der Waals surface area contributed by atoms with Gasteiger partial charge in [-0.3, -0.25) is 0 Å². The van der Waals surface area contributed by atoms with E-state index in [-0.39, 0.29) is 0 Å². The van der Waals surface area contributed by atoms with Gasteiger partial charge < -0.3 is 0 Å². The first-order valence-corrected chi connectivity index (χ1v) is 4.30. The van der Waals surface area contributed by atoms with Gasteiger partial charge in [-0.1, -0.05) is 32.9 Å². The Kier molecular flexibility index (Phi) is 1.07. The van der Waals surface area contributed by atoms with Crippen molar-refractivity contribution in [2.75, 3.05) is 0 Å². The maximum absolute atomic E-state index is 2.42. The molecule has 3 atom stereocenters. The zero-order valence-electron chi connectivity index (χ0n) is 7.09. The van der Waals surface area contributed by atoms with E-state index < -0.39 is 0 Å². The van der Waals surface area contributed by atoms with Gasteiger partial charge in [0, 0.05) is 0 Å². The van der Waals surface area contributed by atoms with E-state index in [9.17, 15) is 0 Å².